The van der Waals surface area contributed by atoms with Gasteiger partial charge in [0.15, 0.2) is 17.5 Å². The van der Waals surface area contributed by atoms with Crippen LogP contribution in [0.2, 0.25) is 0 Å². The van der Waals surface area contributed by atoms with Gasteiger partial charge in [-0.2, -0.15) is 0 Å². The molecule has 56 heavy (non-hydrogen) atoms. The van der Waals surface area contributed by atoms with E-state index in [9.17, 15) is 0 Å². The van der Waals surface area contributed by atoms with Gasteiger partial charge >= 0.3 is 0 Å². The first-order chi connectivity index (χ1) is 27.8. The Morgan fingerprint density at radius 3 is 1.09 bits per heavy atom. The molecule has 0 aliphatic carbocycles. The molecule has 3 aromatic heterocycles. The largest absolute Gasteiger partial charge is 0.309 e. The molecule has 0 saturated heterocycles. The lowest BCUT2D eigenvalue weighted by Crippen LogP contribution is -2.00. The summed E-state index contributed by atoms with van der Waals surface area (Å²) >= 11 is 0. The van der Waals surface area contributed by atoms with Crippen LogP contribution in [0.5, 0.6) is 0 Å². The number of hydrogen-bond donors (Lipinski definition) is 0. The summed E-state index contributed by atoms with van der Waals surface area (Å²) in [6, 6.07) is 70.4. The number of rotatable bonds is 6. The zero-order valence-corrected chi connectivity index (χ0v) is 30.3. The molecule has 0 saturated carbocycles. The molecule has 0 fully saturated rings. The van der Waals surface area contributed by atoms with Crippen LogP contribution in [0.25, 0.3) is 100 Å². The maximum absolute atomic E-state index is 4.92. The van der Waals surface area contributed by atoms with Crippen LogP contribution in [0.4, 0.5) is 0 Å². The number of nitrogens with zero attached hydrogens (tertiary/aromatic N) is 5. The molecule has 0 radical (unpaired) electrons. The molecular formula is C51H33N5. The fourth-order valence-electron chi connectivity index (χ4n) is 8.12. The van der Waals surface area contributed by atoms with E-state index in [1.807, 2.05) is 60.7 Å². The first kappa shape index (κ1) is 31.9. The summed E-state index contributed by atoms with van der Waals surface area (Å²) in [7, 11) is 0. The van der Waals surface area contributed by atoms with Gasteiger partial charge in [0, 0.05) is 49.6 Å². The molecule has 0 bridgehead atoms. The van der Waals surface area contributed by atoms with Gasteiger partial charge in [0.05, 0.1) is 22.1 Å². The van der Waals surface area contributed by atoms with Crippen molar-refractivity contribution < 1.29 is 0 Å². The van der Waals surface area contributed by atoms with E-state index < -0.39 is 0 Å². The quantitative estimate of drug-likeness (QED) is 0.172. The average molecular weight is 716 g/mol. The molecule has 3 heterocycles. The van der Waals surface area contributed by atoms with Crippen LogP contribution in [-0.2, 0) is 0 Å². The van der Waals surface area contributed by atoms with Gasteiger partial charge in [0.1, 0.15) is 0 Å². The summed E-state index contributed by atoms with van der Waals surface area (Å²) in [5.41, 5.74) is 12.1. The van der Waals surface area contributed by atoms with Gasteiger partial charge in [0.2, 0.25) is 0 Å². The van der Waals surface area contributed by atoms with Gasteiger partial charge in [0.25, 0.3) is 0 Å². The number of para-hydroxylation sites is 3. The lowest BCUT2D eigenvalue weighted by atomic mass is 10.0. The summed E-state index contributed by atoms with van der Waals surface area (Å²) in [5.74, 6) is 1.95. The van der Waals surface area contributed by atoms with Crippen molar-refractivity contribution in [1.29, 1.82) is 0 Å². The molecule has 0 amide bonds. The van der Waals surface area contributed by atoms with E-state index in [2.05, 4.69) is 149 Å². The lowest BCUT2D eigenvalue weighted by Gasteiger charge is -2.11. The molecular weight excluding hydrogens is 683 g/mol. The Morgan fingerprint density at radius 2 is 0.607 bits per heavy atom. The van der Waals surface area contributed by atoms with Crippen LogP contribution in [0.15, 0.2) is 200 Å². The molecule has 0 atom stereocenters. The highest BCUT2D eigenvalue weighted by atomic mass is 15.0. The van der Waals surface area contributed by atoms with E-state index in [0.29, 0.717) is 17.5 Å². The Hall–Kier alpha value is -7.63. The Labute approximate surface area is 323 Å². The van der Waals surface area contributed by atoms with Crippen molar-refractivity contribution >= 4 is 43.6 Å². The molecule has 0 aliphatic rings. The second-order valence-corrected chi connectivity index (χ2v) is 14.1. The first-order valence-electron chi connectivity index (χ1n) is 18.9. The minimum atomic E-state index is 0.645. The highest BCUT2D eigenvalue weighted by Crippen LogP contribution is 2.40. The smallest absolute Gasteiger partial charge is 0.164 e. The fraction of sp³-hybridized carbons (Fsp3) is 0. The molecule has 8 aromatic carbocycles. The van der Waals surface area contributed by atoms with Crippen LogP contribution >= 0.6 is 0 Å². The second-order valence-electron chi connectivity index (χ2n) is 14.1. The van der Waals surface area contributed by atoms with Crippen molar-refractivity contribution in [3.63, 3.8) is 0 Å². The predicted molar refractivity (Wildman–Crippen MR) is 230 cm³/mol. The third-order valence-corrected chi connectivity index (χ3v) is 10.8. The summed E-state index contributed by atoms with van der Waals surface area (Å²) in [4.78, 5) is 14.7. The topological polar surface area (TPSA) is 48.5 Å². The minimum absolute atomic E-state index is 0.645. The standard InChI is InChI=1S/C51H33N5/c1-4-14-36(15-5-1)49-52-50(37-16-6-2-7-17-37)54-51(53-49)38-26-24-34(25-27-38)35-28-30-40(31-29-35)56-46-23-13-11-21-42(46)44-32-43-41-20-10-12-22-45(41)55(47(43)33-48(44)56)39-18-8-3-9-19-39/h1-33H. The maximum Gasteiger partial charge on any atom is 0.164 e. The Bertz CT molecular complexity index is 3140. The van der Waals surface area contributed by atoms with Gasteiger partial charge in [-0.3, -0.25) is 0 Å². The molecule has 5 nitrogen and oxygen atoms in total. The van der Waals surface area contributed by atoms with Gasteiger partial charge in [-0.05, 0) is 59.7 Å². The Balaban J connectivity index is 0.993. The maximum atomic E-state index is 4.92. The van der Waals surface area contributed by atoms with E-state index in [0.717, 1.165) is 39.2 Å². The summed E-state index contributed by atoms with van der Waals surface area (Å²) in [5, 5.41) is 4.99. The van der Waals surface area contributed by atoms with Gasteiger partial charge in [-0.25, -0.2) is 15.0 Å². The Morgan fingerprint density at radius 1 is 0.250 bits per heavy atom. The van der Waals surface area contributed by atoms with Crippen LogP contribution in [0.3, 0.4) is 0 Å². The number of fused-ring (bicyclic) bond motifs is 6. The van der Waals surface area contributed by atoms with Crippen molar-refractivity contribution in [1.82, 2.24) is 24.1 Å². The van der Waals surface area contributed by atoms with Crippen molar-refractivity contribution in [3.8, 4) is 56.7 Å². The van der Waals surface area contributed by atoms with Crippen molar-refractivity contribution in [2.75, 3.05) is 0 Å². The van der Waals surface area contributed by atoms with Gasteiger partial charge in [-0.1, -0.05) is 152 Å². The van der Waals surface area contributed by atoms with Crippen molar-refractivity contribution in [2.45, 2.75) is 0 Å². The van der Waals surface area contributed by atoms with Gasteiger partial charge in [-0.15, -0.1) is 0 Å². The predicted octanol–water partition coefficient (Wildman–Crippen LogP) is 12.7. The van der Waals surface area contributed by atoms with Crippen LogP contribution < -0.4 is 0 Å². The summed E-state index contributed by atoms with van der Waals surface area (Å²) in [6.45, 7) is 0. The monoisotopic (exact) mass is 715 g/mol. The number of aromatic nitrogens is 5. The molecule has 0 N–H and O–H groups in total. The molecule has 0 aliphatic heterocycles. The van der Waals surface area contributed by atoms with Crippen LogP contribution in [-0.4, -0.2) is 24.1 Å². The van der Waals surface area contributed by atoms with Crippen LogP contribution in [0, 0.1) is 0 Å². The third kappa shape index (κ3) is 5.29. The molecule has 0 unspecified atom stereocenters. The normalized spacial score (nSPS) is 11.6. The van der Waals surface area contributed by atoms with E-state index in [1.165, 1.54) is 43.6 Å². The Kier molecular flexibility index (Phi) is 7.42. The lowest BCUT2D eigenvalue weighted by molar-refractivity contribution is 1.07. The SMILES string of the molecule is c1ccc(-c2nc(-c3ccccc3)nc(-c3ccc(-c4ccc(-n5c6ccccc6c6cc7c8ccccc8n(-c8ccccc8)c7cc65)cc4)cc3)n2)cc1. The number of benzene rings is 8. The van der Waals surface area contributed by atoms with E-state index >= 15 is 0 Å². The average Bonchev–Trinajstić information content (AvgIpc) is 3.78. The van der Waals surface area contributed by atoms with Crippen LogP contribution in [0.1, 0.15) is 0 Å². The van der Waals surface area contributed by atoms with Crippen molar-refractivity contribution in [2.24, 2.45) is 0 Å². The number of hydrogen-bond acceptors (Lipinski definition) is 3. The highest BCUT2D eigenvalue weighted by Gasteiger charge is 2.19. The molecule has 5 heteroatoms. The third-order valence-electron chi connectivity index (χ3n) is 10.8. The fourth-order valence-corrected chi connectivity index (χ4v) is 8.12. The molecule has 262 valence electrons. The van der Waals surface area contributed by atoms with Crippen molar-refractivity contribution in [3.05, 3.63) is 200 Å². The molecule has 0 spiro atoms. The van der Waals surface area contributed by atoms with Gasteiger partial charge < -0.3 is 9.13 Å². The zero-order valence-electron chi connectivity index (χ0n) is 30.3. The second kappa shape index (κ2) is 13.0. The molecule has 11 rings (SSSR count). The van der Waals surface area contributed by atoms with E-state index in [4.69, 9.17) is 15.0 Å². The minimum Gasteiger partial charge on any atom is -0.309 e. The van der Waals surface area contributed by atoms with E-state index in [1.54, 1.807) is 0 Å². The summed E-state index contributed by atoms with van der Waals surface area (Å²) < 4.78 is 4.79. The van der Waals surface area contributed by atoms with E-state index in [-0.39, 0.29) is 0 Å². The summed E-state index contributed by atoms with van der Waals surface area (Å²) in [6.07, 6.45) is 0. The highest BCUT2D eigenvalue weighted by molar-refractivity contribution is 6.19. The zero-order chi connectivity index (χ0) is 37.0. The molecule has 11 aromatic rings. The first-order valence-corrected chi connectivity index (χ1v) is 18.9.